The maximum atomic E-state index is 12.8. The topological polar surface area (TPSA) is 9.23 Å². The van der Waals surface area contributed by atoms with Crippen LogP contribution >= 0.6 is 11.6 Å². The predicted octanol–water partition coefficient (Wildman–Crippen LogP) is 3.29. The lowest BCUT2D eigenvalue weighted by atomic mass is 10.1. The van der Waals surface area contributed by atoms with E-state index in [0.29, 0.717) is 11.3 Å². The lowest BCUT2D eigenvalue weighted by Crippen LogP contribution is -1.95. The Balaban J connectivity index is 2.28. The van der Waals surface area contributed by atoms with Crippen LogP contribution in [0.25, 0.3) is 5.57 Å². The monoisotopic (exact) mass is 216 g/mol. The average molecular weight is 217 g/mol. The van der Waals surface area contributed by atoms with Crippen LogP contribution in [0.15, 0.2) is 29.3 Å². The fourth-order valence-corrected chi connectivity index (χ4v) is 1.55. The van der Waals surface area contributed by atoms with Crippen molar-refractivity contribution < 1.29 is 13.5 Å². The molecule has 0 aliphatic heterocycles. The number of rotatable bonds is 2. The molecule has 0 radical (unpaired) electrons. The van der Waals surface area contributed by atoms with Crippen molar-refractivity contribution in [1.82, 2.24) is 0 Å². The quantitative estimate of drug-likeness (QED) is 0.737. The molecule has 0 bridgehead atoms. The van der Waals surface area contributed by atoms with E-state index in [1.807, 2.05) is 0 Å². The van der Waals surface area contributed by atoms with E-state index in [0.717, 1.165) is 0 Å². The van der Waals surface area contributed by atoms with Crippen molar-refractivity contribution in [3.63, 3.8) is 0 Å². The number of hydrogen-bond donors (Lipinski definition) is 0. The molecule has 0 atom stereocenters. The number of ether oxygens (including phenoxy) is 1. The highest BCUT2D eigenvalue weighted by molar-refractivity contribution is 6.40. The van der Waals surface area contributed by atoms with Gasteiger partial charge in [-0.15, -0.1) is 0 Å². The minimum absolute atomic E-state index is 0.0816. The molecular weight excluding hydrogens is 210 g/mol. The summed E-state index contributed by atoms with van der Waals surface area (Å²) in [5.41, 5.74) is 0.364. The summed E-state index contributed by atoms with van der Waals surface area (Å²) in [6, 6.07) is 6.39. The second-order valence-electron chi connectivity index (χ2n) is 2.99. The van der Waals surface area contributed by atoms with E-state index in [4.69, 9.17) is 16.3 Å². The summed E-state index contributed by atoms with van der Waals surface area (Å²) in [6.07, 6.45) is 0. The molecule has 0 aromatic heterocycles. The average Bonchev–Trinajstić information content (AvgIpc) is 2.67. The van der Waals surface area contributed by atoms with Gasteiger partial charge >= 0.3 is 5.92 Å². The lowest BCUT2D eigenvalue weighted by Gasteiger charge is -2.00. The molecule has 4 heteroatoms. The first-order valence-corrected chi connectivity index (χ1v) is 4.38. The van der Waals surface area contributed by atoms with Gasteiger partial charge in [0.2, 0.25) is 0 Å². The molecule has 1 nitrogen and oxygen atoms in total. The number of methoxy groups -OCH3 is 1. The van der Waals surface area contributed by atoms with Gasteiger partial charge in [0.25, 0.3) is 0 Å². The molecular formula is C10H7ClF2O. The summed E-state index contributed by atoms with van der Waals surface area (Å²) >= 11 is 5.35. The van der Waals surface area contributed by atoms with Crippen LogP contribution in [0.4, 0.5) is 8.78 Å². The van der Waals surface area contributed by atoms with Crippen molar-refractivity contribution in [2.75, 3.05) is 7.11 Å². The van der Waals surface area contributed by atoms with Gasteiger partial charge in [0, 0.05) is 0 Å². The number of benzene rings is 1. The van der Waals surface area contributed by atoms with Crippen LogP contribution in [0, 0.1) is 0 Å². The Kier molecular flexibility index (Phi) is 2.00. The van der Waals surface area contributed by atoms with Gasteiger partial charge < -0.3 is 4.74 Å². The fourth-order valence-electron chi connectivity index (χ4n) is 1.27. The summed E-state index contributed by atoms with van der Waals surface area (Å²) in [5, 5.41) is -0.359. The summed E-state index contributed by atoms with van der Waals surface area (Å²) in [7, 11) is 1.52. The van der Waals surface area contributed by atoms with Gasteiger partial charge in [-0.25, -0.2) is 0 Å². The van der Waals surface area contributed by atoms with E-state index in [1.54, 1.807) is 24.3 Å². The Morgan fingerprint density at radius 2 is 1.71 bits per heavy atom. The molecule has 1 aromatic rings. The molecule has 0 fully saturated rings. The maximum Gasteiger partial charge on any atom is 0.311 e. The standard InChI is InChI=1S/C10H7ClF2O/c1-14-7-4-2-6(3-5-7)8-9(11)10(8,12)13/h2-5H,1H3. The molecule has 0 heterocycles. The molecule has 0 unspecified atom stereocenters. The number of alkyl halides is 2. The number of hydrogen-bond acceptors (Lipinski definition) is 1. The largest absolute Gasteiger partial charge is 0.497 e. The van der Waals surface area contributed by atoms with E-state index in [1.165, 1.54) is 7.11 Å². The Morgan fingerprint density at radius 3 is 2.07 bits per heavy atom. The molecule has 2 rings (SSSR count). The zero-order valence-corrected chi connectivity index (χ0v) is 8.11. The van der Waals surface area contributed by atoms with Crippen molar-refractivity contribution in [2.24, 2.45) is 0 Å². The second-order valence-corrected chi connectivity index (χ2v) is 3.37. The first-order valence-electron chi connectivity index (χ1n) is 4.00. The van der Waals surface area contributed by atoms with E-state index < -0.39 is 5.92 Å². The minimum Gasteiger partial charge on any atom is -0.497 e. The number of halogens is 3. The molecule has 0 saturated carbocycles. The molecule has 0 amide bonds. The van der Waals surface area contributed by atoms with Crippen molar-refractivity contribution in [3.05, 3.63) is 34.9 Å². The lowest BCUT2D eigenvalue weighted by molar-refractivity contribution is 0.155. The van der Waals surface area contributed by atoms with Gasteiger partial charge in [-0.1, -0.05) is 23.7 Å². The van der Waals surface area contributed by atoms with Gasteiger partial charge in [0.1, 0.15) is 10.8 Å². The zero-order chi connectivity index (χ0) is 10.3. The van der Waals surface area contributed by atoms with E-state index in [9.17, 15) is 8.78 Å². The second kappa shape index (κ2) is 2.95. The molecule has 0 spiro atoms. The fraction of sp³-hybridized carbons (Fsp3) is 0.200. The third-order valence-corrected chi connectivity index (χ3v) is 2.55. The van der Waals surface area contributed by atoms with Gasteiger partial charge in [0.15, 0.2) is 0 Å². The van der Waals surface area contributed by atoms with Crippen LogP contribution in [0.5, 0.6) is 5.75 Å². The molecule has 14 heavy (non-hydrogen) atoms. The van der Waals surface area contributed by atoms with Gasteiger partial charge in [-0.3, -0.25) is 0 Å². The van der Waals surface area contributed by atoms with Crippen molar-refractivity contribution in [2.45, 2.75) is 5.92 Å². The Morgan fingerprint density at radius 1 is 1.21 bits per heavy atom. The van der Waals surface area contributed by atoms with Crippen LogP contribution in [0.1, 0.15) is 5.56 Å². The molecule has 0 N–H and O–H groups in total. The first kappa shape index (κ1) is 9.46. The summed E-state index contributed by atoms with van der Waals surface area (Å²) in [4.78, 5) is 0. The van der Waals surface area contributed by atoms with Crippen molar-refractivity contribution >= 4 is 17.2 Å². The number of allylic oxidation sites excluding steroid dienone is 2. The summed E-state index contributed by atoms with van der Waals surface area (Å²) in [6.45, 7) is 0. The predicted molar refractivity (Wildman–Crippen MR) is 50.7 cm³/mol. The highest BCUT2D eigenvalue weighted by Crippen LogP contribution is 2.57. The first-order chi connectivity index (χ1) is 6.57. The third-order valence-electron chi connectivity index (χ3n) is 2.13. The van der Waals surface area contributed by atoms with Crippen LogP contribution < -0.4 is 4.74 Å². The van der Waals surface area contributed by atoms with Crippen molar-refractivity contribution in [1.29, 1.82) is 0 Å². The van der Waals surface area contributed by atoms with Crippen LogP contribution in [-0.4, -0.2) is 13.0 Å². The Hall–Kier alpha value is -1.09. The maximum absolute atomic E-state index is 12.8. The van der Waals surface area contributed by atoms with Crippen molar-refractivity contribution in [3.8, 4) is 5.75 Å². The van der Waals surface area contributed by atoms with Crippen LogP contribution in [-0.2, 0) is 0 Å². The van der Waals surface area contributed by atoms with Gasteiger partial charge in [-0.2, -0.15) is 8.78 Å². The van der Waals surface area contributed by atoms with E-state index in [-0.39, 0.29) is 10.6 Å². The van der Waals surface area contributed by atoms with Crippen LogP contribution in [0.3, 0.4) is 0 Å². The third kappa shape index (κ3) is 1.28. The Bertz CT molecular complexity index is 395. The molecule has 1 aliphatic carbocycles. The Labute approximate surface area is 84.9 Å². The SMILES string of the molecule is COc1ccc(C2=C(Cl)C2(F)F)cc1. The zero-order valence-electron chi connectivity index (χ0n) is 7.35. The molecule has 74 valence electrons. The smallest absolute Gasteiger partial charge is 0.311 e. The molecule has 1 aliphatic rings. The summed E-state index contributed by atoms with van der Waals surface area (Å²) < 4.78 is 30.6. The highest BCUT2D eigenvalue weighted by atomic mass is 35.5. The minimum atomic E-state index is -2.92. The van der Waals surface area contributed by atoms with E-state index >= 15 is 0 Å². The van der Waals surface area contributed by atoms with Gasteiger partial charge in [-0.05, 0) is 17.7 Å². The van der Waals surface area contributed by atoms with E-state index in [2.05, 4.69) is 0 Å². The summed E-state index contributed by atoms with van der Waals surface area (Å²) in [5.74, 6) is -2.29. The van der Waals surface area contributed by atoms with Crippen LogP contribution in [0.2, 0.25) is 0 Å². The normalized spacial score (nSPS) is 18.3. The molecule has 0 saturated heterocycles. The highest BCUT2D eigenvalue weighted by Gasteiger charge is 2.56. The van der Waals surface area contributed by atoms with Gasteiger partial charge in [0.05, 0.1) is 12.7 Å². The molecule has 1 aromatic carbocycles.